The van der Waals surface area contributed by atoms with Crippen LogP contribution in [0.15, 0.2) is 346 Å². The van der Waals surface area contributed by atoms with Crippen LogP contribution in [0.5, 0.6) is 0 Å². The Kier molecular flexibility index (Phi) is 21.5. The van der Waals surface area contributed by atoms with Crippen molar-refractivity contribution in [2.45, 2.75) is 53.4 Å². The SMILES string of the molecule is CC.CC.SC(=C\C=C\C1CC=CC2=CC=CC=CC21)/C=C/C=C(\S)C1=CCC2=C(C=C1)C(c1ccc(C=C(c3ccccc3)c3ccccc3)cc1)=C1C=CC=CC1CC2C1=CC=C(C=C(c2ccccc2)c2ccccc2)CC=C1. The Hall–Kier alpha value is -8.14. The summed E-state index contributed by atoms with van der Waals surface area (Å²) < 4.78 is 0. The molecule has 5 aromatic carbocycles. The summed E-state index contributed by atoms with van der Waals surface area (Å²) in [7, 11) is 0. The zero-order valence-corrected chi connectivity index (χ0v) is 49.7. The summed E-state index contributed by atoms with van der Waals surface area (Å²) in [6, 6.07) is 52.2. The van der Waals surface area contributed by atoms with Crippen LogP contribution in [-0.4, -0.2) is 0 Å². The van der Waals surface area contributed by atoms with Crippen molar-refractivity contribution in [3.63, 3.8) is 0 Å². The van der Waals surface area contributed by atoms with E-state index in [1.54, 1.807) is 0 Å². The van der Waals surface area contributed by atoms with Crippen LogP contribution >= 0.6 is 25.3 Å². The zero-order valence-electron chi connectivity index (χ0n) is 47.9. The van der Waals surface area contributed by atoms with Crippen molar-refractivity contribution in [3.05, 3.63) is 380 Å². The lowest BCUT2D eigenvalue weighted by molar-refractivity contribution is 0.534. The van der Waals surface area contributed by atoms with E-state index in [1.807, 2.05) is 33.8 Å². The number of thiol groups is 2. The number of hydrogen-bond donors (Lipinski definition) is 2. The lowest BCUT2D eigenvalue weighted by Crippen LogP contribution is -2.14. The van der Waals surface area contributed by atoms with Crippen LogP contribution in [0.2, 0.25) is 0 Å². The van der Waals surface area contributed by atoms with E-state index >= 15 is 0 Å². The van der Waals surface area contributed by atoms with Crippen LogP contribution in [0, 0.1) is 23.7 Å². The first-order valence-corrected chi connectivity index (χ1v) is 30.3. The van der Waals surface area contributed by atoms with Gasteiger partial charge in [0.15, 0.2) is 0 Å². The van der Waals surface area contributed by atoms with E-state index in [1.165, 1.54) is 78.0 Å². The zero-order chi connectivity index (χ0) is 56.9. The predicted molar refractivity (Wildman–Crippen MR) is 364 cm³/mol. The number of rotatable bonds is 13. The molecule has 0 N–H and O–H groups in total. The van der Waals surface area contributed by atoms with Gasteiger partial charge in [0.2, 0.25) is 0 Å². The summed E-state index contributed by atoms with van der Waals surface area (Å²) in [5.74, 6) is 1.20. The van der Waals surface area contributed by atoms with Gasteiger partial charge in [-0.3, -0.25) is 0 Å². The summed E-state index contributed by atoms with van der Waals surface area (Å²) in [6.45, 7) is 8.00. The fourth-order valence-corrected chi connectivity index (χ4v) is 12.0. The van der Waals surface area contributed by atoms with E-state index in [9.17, 15) is 0 Å². The number of hydrogen-bond acceptors (Lipinski definition) is 2. The van der Waals surface area contributed by atoms with Gasteiger partial charge < -0.3 is 0 Å². The molecule has 0 bridgehead atoms. The van der Waals surface area contributed by atoms with Crippen molar-refractivity contribution in [1.29, 1.82) is 0 Å². The molecule has 0 spiro atoms. The van der Waals surface area contributed by atoms with Gasteiger partial charge in [-0.15, -0.1) is 25.3 Å². The summed E-state index contributed by atoms with van der Waals surface area (Å²) in [6.07, 6.45) is 62.4. The molecule has 11 rings (SSSR count). The van der Waals surface area contributed by atoms with E-state index in [4.69, 9.17) is 25.3 Å². The van der Waals surface area contributed by atoms with Crippen LogP contribution in [-0.2, 0) is 0 Å². The van der Waals surface area contributed by atoms with Gasteiger partial charge in [0.1, 0.15) is 0 Å². The Morgan fingerprint density at radius 3 is 1.80 bits per heavy atom. The molecule has 408 valence electrons. The molecule has 6 aliphatic carbocycles. The summed E-state index contributed by atoms with van der Waals surface area (Å²) in [5, 5.41) is 0. The van der Waals surface area contributed by atoms with Crippen LogP contribution in [0.4, 0.5) is 0 Å². The van der Waals surface area contributed by atoms with Crippen molar-refractivity contribution in [1.82, 2.24) is 0 Å². The predicted octanol–water partition coefficient (Wildman–Crippen LogP) is 22.0. The Morgan fingerprint density at radius 1 is 0.524 bits per heavy atom. The summed E-state index contributed by atoms with van der Waals surface area (Å²) in [5.41, 5.74) is 20.1. The average molecular weight is 1100 g/mol. The average Bonchev–Trinajstić information content (AvgIpc) is 4.22. The van der Waals surface area contributed by atoms with Crippen molar-refractivity contribution < 1.29 is 0 Å². The van der Waals surface area contributed by atoms with Gasteiger partial charge in [0.25, 0.3) is 0 Å². The highest BCUT2D eigenvalue weighted by molar-refractivity contribution is 7.85. The molecule has 0 heterocycles. The maximum atomic E-state index is 5.17. The molecule has 0 aliphatic heterocycles. The molecule has 0 nitrogen and oxygen atoms in total. The summed E-state index contributed by atoms with van der Waals surface area (Å²) in [4.78, 5) is 1.80. The Labute approximate surface area is 501 Å². The van der Waals surface area contributed by atoms with E-state index in [0.29, 0.717) is 11.8 Å². The molecular formula is C80H76S2. The second-order valence-corrected chi connectivity index (χ2v) is 21.5. The number of benzene rings is 5. The van der Waals surface area contributed by atoms with E-state index in [-0.39, 0.29) is 11.8 Å². The van der Waals surface area contributed by atoms with Crippen LogP contribution in [0.1, 0.15) is 86.8 Å². The van der Waals surface area contributed by atoms with Crippen molar-refractivity contribution in [2.75, 3.05) is 0 Å². The molecule has 0 aromatic heterocycles. The first-order valence-electron chi connectivity index (χ1n) is 29.4. The monoisotopic (exact) mass is 1100 g/mol. The van der Waals surface area contributed by atoms with Crippen molar-refractivity contribution in [2.24, 2.45) is 23.7 Å². The van der Waals surface area contributed by atoms with Gasteiger partial charge in [-0.05, 0) is 139 Å². The molecule has 0 radical (unpaired) electrons. The molecule has 6 aliphatic rings. The molecule has 0 saturated heterocycles. The smallest absolute Gasteiger partial charge is 0.0109 e. The third kappa shape index (κ3) is 14.9. The molecule has 0 amide bonds. The Morgan fingerprint density at radius 2 is 1.15 bits per heavy atom. The fraction of sp³-hybridized carbons (Fsp3) is 0.150. The van der Waals surface area contributed by atoms with Gasteiger partial charge in [-0.2, -0.15) is 0 Å². The normalized spacial score (nSPS) is 20.0. The largest absolute Gasteiger partial charge is 0.143 e. The van der Waals surface area contributed by atoms with Crippen LogP contribution in [0.25, 0.3) is 22.8 Å². The lowest BCUT2D eigenvalue weighted by atomic mass is 9.79. The lowest BCUT2D eigenvalue weighted by Gasteiger charge is -2.25. The fourth-order valence-electron chi connectivity index (χ4n) is 11.5. The van der Waals surface area contributed by atoms with Crippen LogP contribution in [0.3, 0.4) is 0 Å². The Bertz CT molecular complexity index is 3550. The van der Waals surface area contributed by atoms with Gasteiger partial charge >= 0.3 is 0 Å². The van der Waals surface area contributed by atoms with Gasteiger partial charge in [0.05, 0.1) is 0 Å². The van der Waals surface area contributed by atoms with Gasteiger partial charge in [0, 0.05) is 27.6 Å². The minimum Gasteiger partial charge on any atom is -0.143 e. The second kappa shape index (κ2) is 30.1. The number of allylic oxidation sites excluding steroid dienone is 33. The standard InChI is InChI=1S/C76H64S2.2C2H6/c77-67(37-20-36-58-35-19-34-57-23-14-5-15-39-68(57)58)38-21-41-75(78)64-48-50-70-71(51-49-64)76(65-46-43-56(44-47-65)53-73(61-28-10-3-11-29-61)62-30-12-4-13-31-62)69-40-17-16-32-66(69)54-74(70)63-33-18-22-55(42-45-63)52-72(59-24-6-1-7-25-59)60-26-8-2-9-27-60;2*1-2/h1-21,23-34,36-49,51-53,58,66,68,74,77-78H,22,35,50,54H2;2*1-2H3/b36-20+,38-21+,67-37-,75-41-;;. The highest BCUT2D eigenvalue weighted by atomic mass is 32.1. The maximum Gasteiger partial charge on any atom is 0.0109 e. The quantitative estimate of drug-likeness (QED) is 0.0655. The second-order valence-electron chi connectivity index (χ2n) is 20.5. The van der Waals surface area contributed by atoms with Crippen molar-refractivity contribution in [3.8, 4) is 0 Å². The minimum atomic E-state index is 0.161. The van der Waals surface area contributed by atoms with Crippen LogP contribution < -0.4 is 0 Å². The minimum absolute atomic E-state index is 0.161. The van der Waals surface area contributed by atoms with Crippen molar-refractivity contribution >= 4 is 48.1 Å². The molecule has 2 heteroatoms. The third-order valence-electron chi connectivity index (χ3n) is 15.5. The molecule has 0 fully saturated rings. The highest BCUT2D eigenvalue weighted by Gasteiger charge is 2.33. The van der Waals surface area contributed by atoms with E-state index in [2.05, 4.69) is 297 Å². The van der Waals surface area contributed by atoms with E-state index < -0.39 is 0 Å². The molecule has 4 unspecified atom stereocenters. The highest BCUT2D eigenvalue weighted by Crippen LogP contribution is 2.49. The first-order chi connectivity index (χ1) is 40.5. The summed E-state index contributed by atoms with van der Waals surface area (Å²) >= 11 is 10.0. The number of fused-ring (bicyclic) bond motifs is 2. The third-order valence-corrected chi connectivity index (χ3v) is 16.2. The molecule has 5 aromatic rings. The Balaban J connectivity index is 0.00000198. The maximum absolute atomic E-state index is 5.17. The molecule has 0 saturated carbocycles. The van der Waals surface area contributed by atoms with Gasteiger partial charge in [-0.25, -0.2) is 0 Å². The molecule has 82 heavy (non-hydrogen) atoms. The van der Waals surface area contributed by atoms with Gasteiger partial charge in [-0.1, -0.05) is 313 Å². The first kappa shape index (κ1) is 58.5. The molecule has 4 atom stereocenters. The molecular weight excluding hydrogens is 1030 g/mol. The van der Waals surface area contributed by atoms with E-state index in [0.717, 1.165) is 46.6 Å². The topological polar surface area (TPSA) is 0 Å².